The van der Waals surface area contributed by atoms with Crippen LogP contribution in [0.15, 0.2) is 30.9 Å². The van der Waals surface area contributed by atoms with Gasteiger partial charge in [-0.3, -0.25) is 14.4 Å². The molecule has 0 aliphatic carbocycles. The van der Waals surface area contributed by atoms with E-state index in [9.17, 15) is 19.5 Å². The second-order valence-corrected chi connectivity index (χ2v) is 10.1. The molecule has 2 amide bonds. The van der Waals surface area contributed by atoms with Crippen LogP contribution in [0.25, 0.3) is 0 Å². The number of hydrogen-bond acceptors (Lipinski definition) is 6. The number of aliphatic hydroxyl groups is 1. The molecule has 3 heterocycles. The lowest BCUT2D eigenvalue weighted by Crippen LogP contribution is -2.56. The van der Waals surface area contributed by atoms with E-state index in [1.165, 1.54) is 4.90 Å². The van der Waals surface area contributed by atoms with Gasteiger partial charge < -0.3 is 24.4 Å². The number of likely N-dealkylation sites (tertiary alicyclic amines) is 1. The number of anilines is 1. The molecular weight excluding hydrogens is 448 g/mol. The Kier molecular flexibility index (Phi) is 6.81. The maximum Gasteiger partial charge on any atom is 0.312 e. The Morgan fingerprint density at radius 2 is 2.09 bits per heavy atom. The highest BCUT2D eigenvalue weighted by Crippen LogP contribution is 2.63. The average molecular weight is 485 g/mol. The molecule has 4 rings (SSSR count). The summed E-state index contributed by atoms with van der Waals surface area (Å²) in [4.78, 5) is 44.5. The first kappa shape index (κ1) is 25.4. The van der Waals surface area contributed by atoms with Gasteiger partial charge in [0.25, 0.3) is 5.91 Å². The summed E-state index contributed by atoms with van der Waals surface area (Å²) in [6.07, 6.45) is 3.04. The molecule has 2 unspecified atom stereocenters. The van der Waals surface area contributed by atoms with Crippen LogP contribution in [0.2, 0.25) is 0 Å². The summed E-state index contributed by atoms with van der Waals surface area (Å²) in [7, 11) is 0. The largest absolute Gasteiger partial charge is 0.466 e. The number of carbonyl (C=O) groups is 3. The number of aliphatic hydroxyl groups excluding tert-OH is 1. The smallest absolute Gasteiger partial charge is 0.312 e. The van der Waals surface area contributed by atoms with Crippen LogP contribution in [0.5, 0.6) is 0 Å². The summed E-state index contributed by atoms with van der Waals surface area (Å²) in [5, 5.41) is 9.51. The first-order valence-corrected chi connectivity index (χ1v) is 12.4. The molecule has 1 aromatic rings. The quantitative estimate of drug-likeness (QED) is 0.428. The summed E-state index contributed by atoms with van der Waals surface area (Å²) < 4.78 is 11.9. The van der Waals surface area contributed by atoms with Crippen molar-refractivity contribution < 1.29 is 29.0 Å². The second-order valence-electron chi connectivity index (χ2n) is 10.1. The van der Waals surface area contributed by atoms with Crippen molar-refractivity contribution in [1.82, 2.24) is 4.90 Å². The number of rotatable bonds is 9. The highest BCUT2D eigenvalue weighted by atomic mass is 16.6. The minimum Gasteiger partial charge on any atom is -0.466 e. The molecule has 0 radical (unpaired) electrons. The van der Waals surface area contributed by atoms with Crippen LogP contribution in [-0.2, 0) is 23.9 Å². The van der Waals surface area contributed by atoms with Crippen LogP contribution in [0.1, 0.15) is 44.2 Å². The second kappa shape index (κ2) is 9.39. The van der Waals surface area contributed by atoms with Crippen molar-refractivity contribution in [1.29, 1.82) is 0 Å². The lowest BCUT2D eigenvalue weighted by atomic mass is 9.66. The Balaban J connectivity index is 1.81. The van der Waals surface area contributed by atoms with Gasteiger partial charge in [0.1, 0.15) is 17.6 Å². The molecule has 1 N–H and O–H groups in total. The van der Waals surface area contributed by atoms with Crippen LogP contribution in [0.3, 0.4) is 0 Å². The summed E-state index contributed by atoms with van der Waals surface area (Å²) in [5.74, 6) is -2.56. The predicted molar refractivity (Wildman–Crippen MR) is 131 cm³/mol. The van der Waals surface area contributed by atoms with E-state index >= 15 is 0 Å². The lowest BCUT2D eigenvalue weighted by molar-refractivity contribution is -0.159. The van der Waals surface area contributed by atoms with Gasteiger partial charge in [-0.15, -0.1) is 6.58 Å². The Morgan fingerprint density at radius 1 is 1.34 bits per heavy atom. The number of esters is 1. The summed E-state index contributed by atoms with van der Waals surface area (Å²) in [5.41, 5.74) is 0.712. The number of aryl methyl sites for hydroxylation is 2. The molecule has 1 aromatic carbocycles. The van der Waals surface area contributed by atoms with Crippen LogP contribution in [0.4, 0.5) is 5.69 Å². The molecule has 2 bridgehead atoms. The molecule has 1 spiro atoms. The number of carbonyl (C=O) groups excluding carboxylic acids is 3. The molecule has 0 saturated carbocycles. The van der Waals surface area contributed by atoms with Crippen molar-refractivity contribution >= 4 is 23.5 Å². The summed E-state index contributed by atoms with van der Waals surface area (Å²) >= 11 is 0. The molecule has 190 valence electrons. The fourth-order valence-corrected chi connectivity index (χ4v) is 6.37. The van der Waals surface area contributed by atoms with Crippen molar-refractivity contribution in [2.24, 2.45) is 11.8 Å². The average Bonchev–Trinajstić information content (AvgIpc) is 3.38. The van der Waals surface area contributed by atoms with E-state index in [4.69, 9.17) is 9.47 Å². The van der Waals surface area contributed by atoms with Crippen LogP contribution >= 0.6 is 0 Å². The third-order valence-electron chi connectivity index (χ3n) is 7.84. The number of fused-ring (bicyclic) bond motifs is 1. The molecule has 5 atom stereocenters. The van der Waals surface area contributed by atoms with Gasteiger partial charge in [0.15, 0.2) is 0 Å². The highest BCUT2D eigenvalue weighted by Gasteiger charge is 2.78. The fourth-order valence-electron chi connectivity index (χ4n) is 6.37. The van der Waals surface area contributed by atoms with Gasteiger partial charge in [-0.05, 0) is 64.2 Å². The lowest BCUT2D eigenvalue weighted by Gasteiger charge is -2.37. The SMILES string of the molecule is C=CCN(C(=O)C1N(CCCO)C(=O)[C@@H]2[C@H](C(=O)OCC)[C@]3(C)CCC12O3)c1cc(C)ccc1C. The van der Waals surface area contributed by atoms with E-state index in [2.05, 4.69) is 6.58 Å². The summed E-state index contributed by atoms with van der Waals surface area (Å²) in [6, 6.07) is 5.00. The maximum atomic E-state index is 14.4. The van der Waals surface area contributed by atoms with Crippen molar-refractivity contribution in [3.63, 3.8) is 0 Å². The number of benzene rings is 1. The minimum absolute atomic E-state index is 0.115. The normalized spacial score (nSPS) is 30.9. The van der Waals surface area contributed by atoms with Crippen molar-refractivity contribution in [2.75, 3.05) is 31.2 Å². The Labute approximate surface area is 206 Å². The molecular formula is C27H36N2O6. The monoisotopic (exact) mass is 484 g/mol. The number of amides is 2. The zero-order chi connectivity index (χ0) is 25.5. The first-order chi connectivity index (χ1) is 16.6. The van der Waals surface area contributed by atoms with Crippen molar-refractivity contribution in [2.45, 2.75) is 64.2 Å². The summed E-state index contributed by atoms with van der Waals surface area (Å²) in [6.45, 7) is 11.9. The van der Waals surface area contributed by atoms with E-state index in [0.29, 0.717) is 19.3 Å². The zero-order valence-corrected chi connectivity index (χ0v) is 21.1. The molecule has 35 heavy (non-hydrogen) atoms. The van der Waals surface area contributed by atoms with E-state index in [1.54, 1.807) is 17.9 Å². The number of ether oxygens (including phenoxy) is 2. The number of hydrogen-bond donors (Lipinski definition) is 1. The highest BCUT2D eigenvalue weighted by molar-refractivity contribution is 6.05. The Morgan fingerprint density at radius 3 is 2.74 bits per heavy atom. The first-order valence-electron chi connectivity index (χ1n) is 12.4. The van der Waals surface area contributed by atoms with E-state index in [0.717, 1.165) is 16.8 Å². The fraction of sp³-hybridized carbons (Fsp3) is 0.593. The van der Waals surface area contributed by atoms with E-state index in [-0.39, 0.29) is 38.1 Å². The predicted octanol–water partition coefficient (Wildman–Crippen LogP) is 2.53. The van der Waals surface area contributed by atoms with Crippen molar-refractivity contribution in [3.05, 3.63) is 42.0 Å². The molecule has 8 heteroatoms. The molecule has 3 saturated heterocycles. The van der Waals surface area contributed by atoms with Crippen LogP contribution < -0.4 is 4.90 Å². The third kappa shape index (κ3) is 3.87. The molecule has 3 fully saturated rings. The maximum absolute atomic E-state index is 14.4. The van der Waals surface area contributed by atoms with Gasteiger partial charge in [-0.1, -0.05) is 18.2 Å². The molecule has 8 nitrogen and oxygen atoms in total. The van der Waals surface area contributed by atoms with Crippen molar-refractivity contribution in [3.8, 4) is 0 Å². The minimum atomic E-state index is -1.12. The van der Waals surface area contributed by atoms with Crippen LogP contribution in [0, 0.1) is 25.7 Å². The topological polar surface area (TPSA) is 96.4 Å². The van der Waals surface area contributed by atoms with Crippen LogP contribution in [-0.4, -0.2) is 71.3 Å². The molecule has 3 aliphatic rings. The van der Waals surface area contributed by atoms with E-state index < -0.39 is 35.0 Å². The Hall–Kier alpha value is -2.71. The Bertz CT molecular complexity index is 1040. The van der Waals surface area contributed by atoms with E-state index in [1.807, 2.05) is 39.0 Å². The van der Waals surface area contributed by atoms with Gasteiger partial charge in [0.05, 0.1) is 18.1 Å². The van der Waals surface area contributed by atoms with Gasteiger partial charge in [-0.25, -0.2) is 0 Å². The van der Waals surface area contributed by atoms with Gasteiger partial charge in [0.2, 0.25) is 5.91 Å². The molecule has 0 aromatic heterocycles. The standard InChI is InChI=1S/C27H36N2O6/c1-6-13-28(19-16-17(3)9-10-18(19)4)24(32)22-27-12-11-26(5,35-27)21(25(33)34-7-2)20(27)23(31)29(22)14-8-15-30/h6,9-10,16,20-22,30H,1,7-8,11-15H2,2-5H3/t20-,21+,22?,26-,27?/m0/s1. The molecule has 3 aliphatic heterocycles. The third-order valence-corrected chi connectivity index (χ3v) is 7.84. The number of nitrogens with zero attached hydrogens (tertiary/aromatic N) is 2. The zero-order valence-electron chi connectivity index (χ0n) is 21.1. The van der Waals surface area contributed by atoms with Gasteiger partial charge >= 0.3 is 5.97 Å². The van der Waals surface area contributed by atoms with Gasteiger partial charge in [-0.2, -0.15) is 0 Å². The van der Waals surface area contributed by atoms with Gasteiger partial charge in [0, 0.05) is 25.4 Å².